The molecule has 3 heterocycles. The van der Waals surface area contributed by atoms with Crippen molar-refractivity contribution in [2.75, 3.05) is 0 Å². The molecule has 0 aromatic carbocycles. The molecule has 4 rings (SSSR count). The Hall–Kier alpha value is -2.42. The monoisotopic (exact) mass is 391 g/mol. The first-order valence-corrected chi connectivity index (χ1v) is 9.62. The predicted octanol–water partition coefficient (Wildman–Crippen LogP) is 3.00. The van der Waals surface area contributed by atoms with Crippen molar-refractivity contribution in [2.24, 2.45) is 0 Å². The van der Waals surface area contributed by atoms with E-state index in [9.17, 15) is 13.6 Å². The summed E-state index contributed by atoms with van der Waals surface area (Å²) < 4.78 is 31.9. The maximum absolute atomic E-state index is 13.2. The van der Waals surface area contributed by atoms with Crippen LogP contribution in [0.4, 0.5) is 8.78 Å². The Morgan fingerprint density at radius 3 is 2.71 bits per heavy atom. The van der Waals surface area contributed by atoms with Crippen LogP contribution in [0.3, 0.4) is 0 Å². The summed E-state index contributed by atoms with van der Waals surface area (Å²) in [4.78, 5) is 22.5. The Morgan fingerprint density at radius 1 is 1.21 bits per heavy atom. The van der Waals surface area contributed by atoms with Gasteiger partial charge in [-0.25, -0.2) is 8.78 Å². The van der Waals surface area contributed by atoms with Gasteiger partial charge in [-0.2, -0.15) is 4.98 Å². The molecular formula is C19H23F2N5O2. The van der Waals surface area contributed by atoms with Crippen LogP contribution in [0.5, 0.6) is 0 Å². The van der Waals surface area contributed by atoms with Gasteiger partial charge in [-0.15, -0.1) is 0 Å². The standard InChI is InChI=1S/C19H23F2N5O2/c20-19(21)7-3-14(4-8-19)23-11-16-24-18(28-25-16)15-1-2-17(27)26(15)12-13-5-9-22-10-6-13/h5-6,9-10,14-15,23H,1-4,7-8,11-12H2/t15-/m0/s1. The molecule has 0 spiro atoms. The molecule has 1 aliphatic carbocycles. The molecule has 1 atom stereocenters. The summed E-state index contributed by atoms with van der Waals surface area (Å²) in [6.07, 6.45) is 5.18. The Kier molecular flexibility index (Phi) is 5.34. The second-order valence-corrected chi connectivity index (χ2v) is 7.49. The van der Waals surface area contributed by atoms with Crippen molar-refractivity contribution in [3.63, 3.8) is 0 Å². The number of halogens is 2. The van der Waals surface area contributed by atoms with Gasteiger partial charge in [-0.3, -0.25) is 9.78 Å². The number of pyridine rings is 1. The number of nitrogens with one attached hydrogen (secondary N) is 1. The zero-order valence-electron chi connectivity index (χ0n) is 15.5. The number of likely N-dealkylation sites (tertiary alicyclic amines) is 1. The molecule has 2 aliphatic rings. The fraction of sp³-hybridized carbons (Fsp3) is 0.579. The molecule has 0 radical (unpaired) electrons. The van der Waals surface area contributed by atoms with Crippen molar-refractivity contribution >= 4 is 5.91 Å². The molecule has 0 bridgehead atoms. The lowest BCUT2D eigenvalue weighted by atomic mass is 9.92. The van der Waals surface area contributed by atoms with Crippen molar-refractivity contribution in [1.82, 2.24) is 25.3 Å². The van der Waals surface area contributed by atoms with Crippen LogP contribution in [-0.2, 0) is 17.9 Å². The highest BCUT2D eigenvalue weighted by atomic mass is 19.3. The van der Waals surface area contributed by atoms with Crippen LogP contribution >= 0.6 is 0 Å². The number of carbonyl (C=O) groups excluding carboxylic acids is 1. The summed E-state index contributed by atoms with van der Waals surface area (Å²) in [6.45, 7) is 0.836. The summed E-state index contributed by atoms with van der Waals surface area (Å²) >= 11 is 0. The first-order valence-electron chi connectivity index (χ1n) is 9.62. The average molecular weight is 391 g/mol. The van der Waals surface area contributed by atoms with E-state index in [4.69, 9.17) is 4.52 Å². The number of nitrogens with zero attached hydrogens (tertiary/aromatic N) is 4. The van der Waals surface area contributed by atoms with Crippen LogP contribution in [-0.4, -0.2) is 37.9 Å². The van der Waals surface area contributed by atoms with Gasteiger partial charge < -0.3 is 14.7 Å². The van der Waals surface area contributed by atoms with E-state index in [1.54, 1.807) is 17.3 Å². The number of hydrogen-bond donors (Lipinski definition) is 1. The van der Waals surface area contributed by atoms with Gasteiger partial charge in [0.1, 0.15) is 6.04 Å². The molecule has 1 N–H and O–H groups in total. The smallest absolute Gasteiger partial charge is 0.249 e. The van der Waals surface area contributed by atoms with Crippen molar-refractivity contribution in [3.8, 4) is 0 Å². The van der Waals surface area contributed by atoms with Crippen molar-refractivity contribution in [3.05, 3.63) is 41.8 Å². The van der Waals surface area contributed by atoms with Crippen LogP contribution in [0.15, 0.2) is 29.0 Å². The third-order valence-corrected chi connectivity index (χ3v) is 5.47. The van der Waals surface area contributed by atoms with E-state index in [1.807, 2.05) is 12.1 Å². The Balaban J connectivity index is 1.36. The minimum absolute atomic E-state index is 0.0396. The van der Waals surface area contributed by atoms with E-state index in [0.29, 0.717) is 50.5 Å². The van der Waals surface area contributed by atoms with Gasteiger partial charge in [0.05, 0.1) is 6.54 Å². The van der Waals surface area contributed by atoms with Crippen molar-refractivity contribution in [1.29, 1.82) is 0 Å². The second-order valence-electron chi connectivity index (χ2n) is 7.49. The highest BCUT2D eigenvalue weighted by Gasteiger charge is 2.36. The largest absolute Gasteiger partial charge is 0.337 e. The van der Waals surface area contributed by atoms with Gasteiger partial charge in [0.15, 0.2) is 5.82 Å². The highest BCUT2D eigenvalue weighted by molar-refractivity contribution is 5.78. The minimum Gasteiger partial charge on any atom is -0.337 e. The van der Waals surface area contributed by atoms with Crippen LogP contribution in [0, 0.1) is 0 Å². The lowest BCUT2D eigenvalue weighted by molar-refractivity contribution is -0.130. The molecule has 7 nitrogen and oxygen atoms in total. The minimum atomic E-state index is -2.54. The van der Waals surface area contributed by atoms with Gasteiger partial charge in [-0.1, -0.05) is 5.16 Å². The molecule has 1 amide bonds. The Morgan fingerprint density at radius 2 is 1.96 bits per heavy atom. The van der Waals surface area contributed by atoms with Gasteiger partial charge in [0, 0.05) is 44.2 Å². The van der Waals surface area contributed by atoms with Crippen molar-refractivity contribution < 1.29 is 18.1 Å². The van der Waals surface area contributed by atoms with Gasteiger partial charge in [-0.05, 0) is 37.0 Å². The van der Waals surface area contributed by atoms with E-state index in [2.05, 4.69) is 20.4 Å². The van der Waals surface area contributed by atoms with E-state index in [0.717, 1.165) is 5.56 Å². The number of rotatable bonds is 6. The normalized spacial score (nSPS) is 22.7. The van der Waals surface area contributed by atoms with Crippen LogP contribution in [0.2, 0.25) is 0 Å². The number of aromatic nitrogens is 3. The third kappa shape index (κ3) is 4.35. The molecule has 2 aromatic rings. The van der Waals surface area contributed by atoms with Crippen molar-refractivity contribution in [2.45, 2.75) is 69.6 Å². The van der Waals surface area contributed by atoms with Crippen LogP contribution in [0.1, 0.15) is 61.8 Å². The van der Waals surface area contributed by atoms with Gasteiger partial charge in [0.2, 0.25) is 17.7 Å². The Labute approximate surface area is 161 Å². The lowest BCUT2D eigenvalue weighted by Gasteiger charge is -2.28. The van der Waals surface area contributed by atoms with E-state index >= 15 is 0 Å². The molecule has 1 aliphatic heterocycles. The summed E-state index contributed by atoms with van der Waals surface area (Å²) in [6, 6.07) is 3.55. The second kappa shape index (κ2) is 7.90. The molecule has 2 aromatic heterocycles. The average Bonchev–Trinajstić information content (AvgIpc) is 3.29. The SMILES string of the molecule is O=C1CC[C@@H](c2nc(CNC3CCC(F)(F)CC3)no2)N1Cc1ccncc1. The zero-order valence-corrected chi connectivity index (χ0v) is 15.5. The lowest BCUT2D eigenvalue weighted by Crippen LogP contribution is -2.36. The number of alkyl halides is 2. The third-order valence-electron chi connectivity index (χ3n) is 5.47. The van der Waals surface area contributed by atoms with Gasteiger partial charge >= 0.3 is 0 Å². The van der Waals surface area contributed by atoms with E-state index < -0.39 is 5.92 Å². The summed E-state index contributed by atoms with van der Waals surface area (Å²) in [5, 5.41) is 7.23. The molecule has 28 heavy (non-hydrogen) atoms. The number of amides is 1. The van der Waals surface area contributed by atoms with Crippen LogP contribution in [0.25, 0.3) is 0 Å². The summed E-state index contributed by atoms with van der Waals surface area (Å²) in [5.74, 6) is -1.57. The van der Waals surface area contributed by atoms with E-state index in [1.165, 1.54) is 0 Å². The highest BCUT2D eigenvalue weighted by Crippen LogP contribution is 2.34. The molecule has 1 saturated carbocycles. The molecule has 1 saturated heterocycles. The molecule has 9 heteroatoms. The molecular weight excluding hydrogens is 368 g/mol. The fourth-order valence-corrected chi connectivity index (χ4v) is 3.83. The summed E-state index contributed by atoms with van der Waals surface area (Å²) in [5.41, 5.74) is 0.991. The van der Waals surface area contributed by atoms with Crippen LogP contribution < -0.4 is 5.32 Å². The summed E-state index contributed by atoms with van der Waals surface area (Å²) in [7, 11) is 0. The topological polar surface area (TPSA) is 84.2 Å². The number of hydrogen-bond acceptors (Lipinski definition) is 6. The fourth-order valence-electron chi connectivity index (χ4n) is 3.83. The molecule has 150 valence electrons. The van der Waals surface area contributed by atoms with E-state index in [-0.39, 0.29) is 30.8 Å². The van der Waals surface area contributed by atoms with Gasteiger partial charge in [0.25, 0.3) is 0 Å². The maximum atomic E-state index is 13.2. The molecule has 2 fully saturated rings. The molecule has 0 unspecified atom stereocenters. The quantitative estimate of drug-likeness (QED) is 0.815. The maximum Gasteiger partial charge on any atom is 0.249 e. The Bertz CT molecular complexity index is 804. The zero-order chi connectivity index (χ0) is 19.6. The predicted molar refractivity (Wildman–Crippen MR) is 95.1 cm³/mol. The first kappa shape index (κ1) is 18.9. The first-order chi connectivity index (χ1) is 13.5. The number of carbonyl (C=O) groups is 1.